The van der Waals surface area contributed by atoms with Gasteiger partial charge in [0.25, 0.3) is 0 Å². The van der Waals surface area contributed by atoms with Gasteiger partial charge in [-0.05, 0) is 6.42 Å². The van der Waals surface area contributed by atoms with Gasteiger partial charge in [0.05, 0.1) is 15.4 Å². The molecule has 0 heterocycles. The maximum absolute atomic E-state index is 11.1. The Bertz CT molecular complexity index is 277. The Morgan fingerprint density at radius 2 is 2.14 bits per heavy atom. The number of carbonyl (C=O) groups excluding carboxylic acids is 1. The average Bonchev–Trinajstić information content (AvgIpc) is 2.18. The van der Waals surface area contributed by atoms with E-state index < -0.39 is 0 Å². The largest absolute Gasteiger partial charge is 0.451 e. The van der Waals surface area contributed by atoms with Crippen LogP contribution in [0.15, 0.2) is 24.3 Å². The fourth-order valence-corrected chi connectivity index (χ4v) is 1.34. The summed E-state index contributed by atoms with van der Waals surface area (Å²) in [4.78, 5) is 11.1. The summed E-state index contributed by atoms with van der Waals surface area (Å²) in [5.74, 6) is -0.294. The van der Waals surface area contributed by atoms with Crippen LogP contribution in [0.5, 0.6) is 0 Å². The Kier molecular flexibility index (Phi) is 7.55. The van der Waals surface area contributed by atoms with Gasteiger partial charge < -0.3 is 4.52 Å². The molecule has 0 aliphatic heterocycles. The van der Waals surface area contributed by atoms with Crippen molar-refractivity contribution in [1.29, 1.82) is 0 Å². The van der Waals surface area contributed by atoms with Gasteiger partial charge in [0, 0.05) is 31.1 Å². The van der Waals surface area contributed by atoms with Crippen molar-refractivity contribution >= 4 is 15.4 Å². The third-order valence-corrected chi connectivity index (χ3v) is 2.08. The van der Waals surface area contributed by atoms with Crippen LogP contribution >= 0.6 is 9.47 Å². The van der Waals surface area contributed by atoms with Gasteiger partial charge in [-0.25, -0.2) is 0 Å². The van der Waals surface area contributed by atoms with Crippen LogP contribution in [0.1, 0.15) is 12.5 Å². The SMILES string of the molecule is C[C@@H](Cc1cc[c-]cc1)C(=O)OP.[U]. The van der Waals surface area contributed by atoms with E-state index in [1.165, 1.54) is 0 Å². The van der Waals surface area contributed by atoms with E-state index in [0.717, 1.165) is 5.56 Å². The molecule has 2 nitrogen and oxygen atoms in total. The van der Waals surface area contributed by atoms with E-state index in [2.05, 4.69) is 10.6 Å². The molecule has 0 saturated heterocycles. The maximum Gasteiger partial charge on any atom is 0.311 e. The molecular formula is C10H12O2PU-. The number of benzene rings is 1. The second-order valence-electron chi connectivity index (χ2n) is 2.95. The Balaban J connectivity index is 0.00000169. The van der Waals surface area contributed by atoms with E-state index in [0.29, 0.717) is 6.42 Å². The normalized spacial score (nSPS) is 11.3. The monoisotopic (exact) mass is 433 g/mol. The molecular weight excluding hydrogens is 421 g/mol. The minimum absolute atomic E-state index is 0. The van der Waals surface area contributed by atoms with E-state index in [1.807, 2.05) is 40.7 Å². The van der Waals surface area contributed by atoms with Gasteiger partial charge in [-0.15, -0.1) is 0 Å². The van der Waals surface area contributed by atoms with Gasteiger partial charge >= 0.3 is 5.97 Å². The Morgan fingerprint density at radius 3 is 2.64 bits per heavy atom. The van der Waals surface area contributed by atoms with E-state index in [-0.39, 0.29) is 43.0 Å². The van der Waals surface area contributed by atoms with Crippen molar-refractivity contribution in [1.82, 2.24) is 0 Å². The first-order chi connectivity index (χ1) is 6.24. The van der Waals surface area contributed by atoms with Crippen molar-refractivity contribution in [2.75, 3.05) is 0 Å². The van der Waals surface area contributed by atoms with Crippen LogP contribution < -0.4 is 0 Å². The summed E-state index contributed by atoms with van der Waals surface area (Å²) in [6.45, 7) is 1.85. The molecule has 0 aliphatic carbocycles. The summed E-state index contributed by atoms with van der Waals surface area (Å²) in [6.07, 6.45) is 0.710. The van der Waals surface area contributed by atoms with Crippen LogP contribution in [0.4, 0.5) is 0 Å². The molecule has 0 N–H and O–H groups in total. The van der Waals surface area contributed by atoms with Crippen molar-refractivity contribution in [3.63, 3.8) is 0 Å². The van der Waals surface area contributed by atoms with Gasteiger partial charge in [0.1, 0.15) is 0 Å². The molecule has 1 aromatic rings. The Hall–Kier alpha value is 0.172. The molecule has 0 spiro atoms. The quantitative estimate of drug-likeness (QED) is 0.539. The zero-order valence-electron chi connectivity index (χ0n) is 7.99. The predicted molar refractivity (Wildman–Crippen MR) is 53.9 cm³/mol. The van der Waals surface area contributed by atoms with Crippen LogP contribution in [0.2, 0.25) is 0 Å². The molecule has 2 atom stereocenters. The Morgan fingerprint density at radius 1 is 1.57 bits per heavy atom. The summed E-state index contributed by atoms with van der Waals surface area (Å²) in [5, 5.41) is 0. The van der Waals surface area contributed by atoms with Crippen molar-refractivity contribution in [2.24, 2.45) is 5.92 Å². The molecule has 0 bridgehead atoms. The molecule has 0 aliphatic rings. The molecule has 0 saturated carbocycles. The molecule has 1 unspecified atom stereocenters. The maximum atomic E-state index is 11.1. The molecule has 1 rings (SSSR count). The molecule has 0 fully saturated rings. The summed E-state index contributed by atoms with van der Waals surface area (Å²) in [7, 11) is 1.97. The molecule has 14 heavy (non-hydrogen) atoms. The number of rotatable bonds is 3. The third kappa shape index (κ3) is 4.60. The smallest absolute Gasteiger partial charge is 0.311 e. The summed E-state index contributed by atoms with van der Waals surface area (Å²) >= 11 is 0. The molecule has 74 valence electrons. The van der Waals surface area contributed by atoms with Crippen molar-refractivity contribution in [2.45, 2.75) is 13.3 Å². The molecule has 0 radical (unpaired) electrons. The first-order valence-corrected chi connectivity index (χ1v) is 4.56. The number of hydrogen-bond acceptors (Lipinski definition) is 2. The minimum atomic E-state index is -0.196. The zero-order valence-corrected chi connectivity index (χ0v) is 13.3. The minimum Gasteiger partial charge on any atom is -0.451 e. The third-order valence-electron chi connectivity index (χ3n) is 1.85. The first-order valence-electron chi connectivity index (χ1n) is 4.09. The summed E-state index contributed by atoms with van der Waals surface area (Å²) < 4.78 is 4.55. The van der Waals surface area contributed by atoms with Crippen molar-refractivity contribution in [3.05, 3.63) is 35.9 Å². The number of hydrogen-bond donors (Lipinski definition) is 0. The van der Waals surface area contributed by atoms with Gasteiger partial charge in [-0.3, -0.25) is 4.79 Å². The van der Waals surface area contributed by atoms with E-state index in [4.69, 9.17) is 0 Å². The standard InChI is InChI=1S/C10H12O2P.U/c1-8(10(11)12-13)7-9-5-3-2-4-6-9;/h3-6,8H,7,13H2,1H3;/q-1;/t8-;/m0./s1. The van der Waals surface area contributed by atoms with Crippen LogP contribution in [0, 0.1) is 43.1 Å². The molecule has 0 aromatic heterocycles. The fourth-order valence-electron chi connectivity index (χ4n) is 1.11. The molecule has 1 aromatic carbocycles. The van der Waals surface area contributed by atoms with Crippen LogP contribution in [0.3, 0.4) is 0 Å². The van der Waals surface area contributed by atoms with Crippen molar-refractivity contribution in [3.8, 4) is 0 Å². The van der Waals surface area contributed by atoms with Gasteiger partial charge in [-0.1, -0.05) is 6.92 Å². The Labute approximate surface area is 110 Å². The summed E-state index contributed by atoms with van der Waals surface area (Å²) in [5.41, 5.74) is 1.13. The average molecular weight is 433 g/mol. The second-order valence-corrected chi connectivity index (χ2v) is 3.19. The van der Waals surface area contributed by atoms with Crippen LogP contribution in [-0.4, -0.2) is 5.97 Å². The predicted octanol–water partition coefficient (Wildman–Crippen LogP) is 2.00. The first kappa shape index (κ1) is 14.2. The van der Waals surface area contributed by atoms with Crippen LogP contribution in [0.25, 0.3) is 0 Å². The van der Waals surface area contributed by atoms with Gasteiger partial charge in [0.15, 0.2) is 0 Å². The van der Waals surface area contributed by atoms with Crippen LogP contribution in [-0.2, 0) is 15.7 Å². The van der Waals surface area contributed by atoms with Gasteiger partial charge in [-0.2, -0.15) is 35.9 Å². The van der Waals surface area contributed by atoms with E-state index in [1.54, 1.807) is 0 Å². The topological polar surface area (TPSA) is 26.3 Å². The summed E-state index contributed by atoms with van der Waals surface area (Å²) in [6, 6.07) is 10.5. The zero-order chi connectivity index (χ0) is 9.68. The van der Waals surface area contributed by atoms with E-state index in [9.17, 15) is 4.79 Å². The molecule has 4 heteroatoms. The van der Waals surface area contributed by atoms with Gasteiger partial charge in [0.2, 0.25) is 0 Å². The van der Waals surface area contributed by atoms with E-state index >= 15 is 0 Å². The second kappa shape index (κ2) is 7.46. The number of carbonyl (C=O) groups is 1. The van der Waals surface area contributed by atoms with Crippen molar-refractivity contribution < 1.29 is 40.4 Å². The fraction of sp³-hybridized carbons (Fsp3) is 0.300. The molecule has 0 amide bonds.